The van der Waals surface area contributed by atoms with E-state index in [4.69, 9.17) is 0 Å². The van der Waals surface area contributed by atoms with Crippen LogP contribution in [-0.4, -0.2) is 15.0 Å². The van der Waals surface area contributed by atoms with Crippen molar-refractivity contribution in [3.8, 4) is 0 Å². The average molecular weight is 349 g/mol. The molecule has 3 nitrogen and oxygen atoms in total. The fourth-order valence-electron chi connectivity index (χ4n) is 1.30. The minimum absolute atomic E-state index is 0.245. The smallest absolute Gasteiger partial charge is 0.129 e. The summed E-state index contributed by atoms with van der Waals surface area (Å²) in [7, 11) is 0. The summed E-state index contributed by atoms with van der Waals surface area (Å²) in [6, 6.07) is 4.98. The van der Waals surface area contributed by atoms with E-state index in [2.05, 4.69) is 42.2 Å². The molecule has 1 aromatic heterocycles. The Bertz CT molecular complexity index is 499. The standard InChI is InChI=1S/C10H8Br2FN3/c11-4-9-6-16(15-14-9)5-7-1-2-8(12)3-10(7)13/h1-3,6H,4-5H2. The second-order valence-electron chi connectivity index (χ2n) is 3.28. The Morgan fingerprint density at radius 2 is 2.19 bits per heavy atom. The maximum Gasteiger partial charge on any atom is 0.129 e. The Labute approximate surface area is 109 Å². The van der Waals surface area contributed by atoms with E-state index in [9.17, 15) is 4.39 Å². The molecule has 0 saturated carbocycles. The molecule has 2 rings (SSSR count). The van der Waals surface area contributed by atoms with Crippen LogP contribution in [0.5, 0.6) is 0 Å². The monoisotopic (exact) mass is 347 g/mol. The minimum Gasteiger partial charge on any atom is -0.248 e. The first-order chi connectivity index (χ1) is 7.69. The van der Waals surface area contributed by atoms with Crippen LogP contribution in [0.2, 0.25) is 0 Å². The molecule has 0 aliphatic rings. The quantitative estimate of drug-likeness (QED) is 0.798. The van der Waals surface area contributed by atoms with Gasteiger partial charge in [0.2, 0.25) is 0 Å². The van der Waals surface area contributed by atoms with Crippen LogP contribution in [0.3, 0.4) is 0 Å². The van der Waals surface area contributed by atoms with E-state index in [-0.39, 0.29) is 5.82 Å². The summed E-state index contributed by atoms with van der Waals surface area (Å²) in [6.07, 6.45) is 1.79. The Kier molecular flexibility index (Phi) is 3.70. The van der Waals surface area contributed by atoms with Crippen LogP contribution in [0, 0.1) is 5.82 Å². The van der Waals surface area contributed by atoms with Crippen LogP contribution in [0.25, 0.3) is 0 Å². The number of hydrogen-bond acceptors (Lipinski definition) is 2. The van der Waals surface area contributed by atoms with E-state index < -0.39 is 0 Å². The highest BCUT2D eigenvalue weighted by atomic mass is 79.9. The SMILES string of the molecule is Fc1cc(Br)ccc1Cn1cc(CBr)nn1. The van der Waals surface area contributed by atoms with E-state index in [0.717, 1.165) is 10.2 Å². The summed E-state index contributed by atoms with van der Waals surface area (Å²) in [5, 5.41) is 8.47. The molecule has 0 amide bonds. The van der Waals surface area contributed by atoms with Gasteiger partial charge in [-0.15, -0.1) is 5.10 Å². The molecular weight excluding hydrogens is 341 g/mol. The predicted octanol–water partition coefficient (Wildman–Crippen LogP) is 3.12. The van der Waals surface area contributed by atoms with Crippen LogP contribution in [-0.2, 0) is 11.9 Å². The maximum atomic E-state index is 13.5. The van der Waals surface area contributed by atoms with Gasteiger partial charge in [0.25, 0.3) is 0 Å². The molecule has 0 bridgehead atoms. The van der Waals surface area contributed by atoms with E-state index in [1.165, 1.54) is 6.07 Å². The van der Waals surface area contributed by atoms with Crippen molar-refractivity contribution in [3.05, 3.63) is 45.9 Å². The summed E-state index contributed by atoms with van der Waals surface area (Å²) in [4.78, 5) is 0. The molecule has 2 aromatic rings. The van der Waals surface area contributed by atoms with Gasteiger partial charge in [-0.25, -0.2) is 9.07 Å². The van der Waals surface area contributed by atoms with Gasteiger partial charge in [0, 0.05) is 21.6 Å². The highest BCUT2D eigenvalue weighted by Crippen LogP contribution is 2.16. The van der Waals surface area contributed by atoms with E-state index in [1.54, 1.807) is 23.0 Å². The van der Waals surface area contributed by atoms with Crippen LogP contribution in [0.4, 0.5) is 4.39 Å². The number of benzene rings is 1. The summed E-state index contributed by atoms with van der Waals surface area (Å²) in [5.74, 6) is -0.245. The van der Waals surface area contributed by atoms with Gasteiger partial charge in [-0.3, -0.25) is 0 Å². The maximum absolute atomic E-state index is 13.5. The van der Waals surface area contributed by atoms with Gasteiger partial charge in [0.05, 0.1) is 12.2 Å². The van der Waals surface area contributed by atoms with Gasteiger partial charge < -0.3 is 0 Å². The number of rotatable bonds is 3. The van der Waals surface area contributed by atoms with E-state index in [0.29, 0.717) is 17.4 Å². The van der Waals surface area contributed by atoms with Crippen molar-refractivity contribution in [3.63, 3.8) is 0 Å². The highest BCUT2D eigenvalue weighted by molar-refractivity contribution is 9.10. The van der Waals surface area contributed by atoms with Gasteiger partial charge >= 0.3 is 0 Å². The second kappa shape index (κ2) is 5.05. The number of nitrogens with zero attached hydrogens (tertiary/aromatic N) is 3. The molecule has 0 radical (unpaired) electrons. The lowest BCUT2D eigenvalue weighted by molar-refractivity contribution is 0.576. The van der Waals surface area contributed by atoms with Crippen molar-refractivity contribution in [1.82, 2.24) is 15.0 Å². The molecule has 0 spiro atoms. The molecule has 0 aliphatic heterocycles. The molecule has 1 heterocycles. The first-order valence-corrected chi connectivity index (χ1v) is 6.49. The lowest BCUT2D eigenvalue weighted by atomic mass is 10.2. The molecule has 1 aromatic carbocycles. The van der Waals surface area contributed by atoms with Gasteiger partial charge in [0.1, 0.15) is 5.82 Å². The summed E-state index contributed by atoms with van der Waals surface area (Å²) < 4.78 is 15.9. The lowest BCUT2D eigenvalue weighted by Gasteiger charge is -2.02. The molecule has 0 unspecified atom stereocenters. The van der Waals surface area contributed by atoms with Crippen molar-refractivity contribution < 1.29 is 4.39 Å². The number of alkyl halides is 1. The van der Waals surface area contributed by atoms with Crippen LogP contribution >= 0.6 is 31.9 Å². The number of halogens is 3. The van der Waals surface area contributed by atoms with Crippen LogP contribution in [0.1, 0.15) is 11.3 Å². The Morgan fingerprint density at radius 1 is 1.38 bits per heavy atom. The minimum atomic E-state index is -0.245. The molecule has 6 heteroatoms. The molecule has 0 fully saturated rings. The Balaban J connectivity index is 2.20. The first-order valence-electron chi connectivity index (χ1n) is 4.58. The molecule has 0 saturated heterocycles. The van der Waals surface area contributed by atoms with Crippen molar-refractivity contribution in [2.75, 3.05) is 0 Å². The topological polar surface area (TPSA) is 30.7 Å². The fraction of sp³-hybridized carbons (Fsp3) is 0.200. The third kappa shape index (κ3) is 2.68. The van der Waals surface area contributed by atoms with Gasteiger partial charge in [-0.1, -0.05) is 43.1 Å². The zero-order valence-electron chi connectivity index (χ0n) is 8.20. The average Bonchev–Trinajstić information content (AvgIpc) is 2.70. The van der Waals surface area contributed by atoms with Crippen LogP contribution in [0.15, 0.2) is 28.9 Å². The zero-order valence-corrected chi connectivity index (χ0v) is 11.4. The fourth-order valence-corrected chi connectivity index (χ4v) is 1.89. The third-order valence-electron chi connectivity index (χ3n) is 2.07. The number of aromatic nitrogens is 3. The van der Waals surface area contributed by atoms with E-state index in [1.807, 2.05) is 0 Å². The molecule has 0 aliphatic carbocycles. The van der Waals surface area contributed by atoms with Gasteiger partial charge in [0.15, 0.2) is 0 Å². The zero-order chi connectivity index (χ0) is 11.5. The molecule has 84 valence electrons. The predicted molar refractivity (Wildman–Crippen MR) is 65.9 cm³/mol. The Morgan fingerprint density at radius 3 is 2.81 bits per heavy atom. The second-order valence-corrected chi connectivity index (χ2v) is 4.75. The first kappa shape index (κ1) is 11.7. The molecule has 0 N–H and O–H groups in total. The highest BCUT2D eigenvalue weighted by Gasteiger charge is 2.05. The van der Waals surface area contributed by atoms with Crippen molar-refractivity contribution >= 4 is 31.9 Å². The van der Waals surface area contributed by atoms with Crippen LogP contribution < -0.4 is 0 Å². The molecule has 16 heavy (non-hydrogen) atoms. The normalized spacial score (nSPS) is 10.7. The number of hydrogen-bond donors (Lipinski definition) is 0. The van der Waals surface area contributed by atoms with Crippen molar-refractivity contribution in [1.29, 1.82) is 0 Å². The molecular formula is C10H8Br2FN3. The lowest BCUT2D eigenvalue weighted by Crippen LogP contribution is -2.02. The largest absolute Gasteiger partial charge is 0.248 e. The summed E-state index contributed by atoms with van der Waals surface area (Å²) >= 11 is 6.50. The van der Waals surface area contributed by atoms with Crippen molar-refractivity contribution in [2.45, 2.75) is 11.9 Å². The van der Waals surface area contributed by atoms with Crippen molar-refractivity contribution in [2.24, 2.45) is 0 Å². The van der Waals surface area contributed by atoms with Gasteiger partial charge in [-0.2, -0.15) is 0 Å². The summed E-state index contributed by atoms with van der Waals surface area (Å²) in [6.45, 7) is 0.388. The molecule has 0 atom stereocenters. The third-order valence-corrected chi connectivity index (χ3v) is 3.14. The van der Waals surface area contributed by atoms with Gasteiger partial charge in [-0.05, 0) is 12.1 Å². The summed E-state index contributed by atoms with van der Waals surface area (Å²) in [5.41, 5.74) is 1.42. The van der Waals surface area contributed by atoms with E-state index >= 15 is 0 Å². The Hall–Kier alpha value is -0.750.